The minimum Gasteiger partial charge on any atom is -0.493 e. The molecule has 0 atom stereocenters. The summed E-state index contributed by atoms with van der Waals surface area (Å²) in [7, 11) is 3.26. The second-order valence-electron chi connectivity index (χ2n) is 6.43. The van der Waals surface area contributed by atoms with E-state index in [1.807, 2.05) is 23.1 Å². The van der Waals surface area contributed by atoms with Crippen LogP contribution >= 0.6 is 0 Å². The van der Waals surface area contributed by atoms with Gasteiger partial charge in [-0.05, 0) is 49.4 Å². The van der Waals surface area contributed by atoms with Crippen LogP contribution in [0.3, 0.4) is 0 Å². The molecule has 0 spiro atoms. The summed E-state index contributed by atoms with van der Waals surface area (Å²) in [6.07, 6.45) is 3.16. The highest BCUT2D eigenvalue weighted by Crippen LogP contribution is 2.32. The molecule has 3 rings (SSSR count). The number of carbonyl (C=O) groups is 1. The number of fused-ring (bicyclic) bond motifs is 1. The number of rotatable bonds is 5. The second-order valence-corrected chi connectivity index (χ2v) is 6.43. The molecule has 25 heavy (non-hydrogen) atoms. The molecule has 1 aliphatic heterocycles. The Morgan fingerprint density at radius 3 is 2.76 bits per heavy atom. The Morgan fingerprint density at radius 1 is 1.16 bits per heavy atom. The molecule has 4 nitrogen and oxygen atoms in total. The number of nitrogens with zero attached hydrogens (tertiary/aromatic N) is 1. The summed E-state index contributed by atoms with van der Waals surface area (Å²) in [5, 5.41) is 0. The number of hydrogen-bond donors (Lipinski definition) is 0. The van der Waals surface area contributed by atoms with Gasteiger partial charge in [0.2, 0.25) is 5.91 Å². The predicted octanol–water partition coefficient (Wildman–Crippen LogP) is 3.92. The number of methoxy groups -OCH3 is 2. The first kappa shape index (κ1) is 17.3. The minimum absolute atomic E-state index is 0.162. The van der Waals surface area contributed by atoms with E-state index in [2.05, 4.69) is 25.1 Å². The zero-order valence-corrected chi connectivity index (χ0v) is 15.2. The van der Waals surface area contributed by atoms with Crippen molar-refractivity contribution in [1.82, 2.24) is 0 Å². The Morgan fingerprint density at radius 2 is 2.00 bits per heavy atom. The maximum absolute atomic E-state index is 12.8. The molecule has 0 unspecified atom stereocenters. The fourth-order valence-corrected chi connectivity index (χ4v) is 3.51. The van der Waals surface area contributed by atoms with Crippen LogP contribution in [-0.2, 0) is 17.6 Å². The number of amides is 1. The van der Waals surface area contributed by atoms with Crippen molar-refractivity contribution in [2.24, 2.45) is 0 Å². The fourth-order valence-electron chi connectivity index (χ4n) is 3.51. The van der Waals surface area contributed by atoms with Crippen LogP contribution in [0.2, 0.25) is 0 Å². The van der Waals surface area contributed by atoms with Crippen LogP contribution in [0.5, 0.6) is 11.5 Å². The number of carbonyl (C=O) groups excluding carboxylic acids is 1. The minimum atomic E-state index is 0.162. The van der Waals surface area contributed by atoms with Gasteiger partial charge in [0, 0.05) is 18.7 Å². The number of benzene rings is 2. The SMILES string of the molecule is COc1cccc(CCC(=O)N2CCCc3cc(C)ccc32)c1OC. The van der Waals surface area contributed by atoms with E-state index in [0.717, 1.165) is 30.6 Å². The molecule has 0 aliphatic carbocycles. The number of hydrogen-bond acceptors (Lipinski definition) is 3. The molecular weight excluding hydrogens is 314 g/mol. The third kappa shape index (κ3) is 3.63. The Bertz CT molecular complexity index is 770. The molecule has 0 bridgehead atoms. The van der Waals surface area contributed by atoms with E-state index in [0.29, 0.717) is 24.3 Å². The lowest BCUT2D eigenvalue weighted by atomic mass is 9.98. The van der Waals surface area contributed by atoms with E-state index in [4.69, 9.17) is 9.47 Å². The van der Waals surface area contributed by atoms with Crippen molar-refractivity contribution in [2.75, 3.05) is 25.7 Å². The van der Waals surface area contributed by atoms with E-state index >= 15 is 0 Å². The maximum Gasteiger partial charge on any atom is 0.227 e. The van der Waals surface area contributed by atoms with E-state index in [1.54, 1.807) is 14.2 Å². The first-order chi connectivity index (χ1) is 12.1. The molecule has 2 aromatic carbocycles. The zero-order chi connectivity index (χ0) is 17.8. The summed E-state index contributed by atoms with van der Waals surface area (Å²) in [5.41, 5.74) is 4.59. The van der Waals surface area contributed by atoms with Crippen molar-refractivity contribution in [3.05, 3.63) is 53.1 Å². The monoisotopic (exact) mass is 339 g/mol. The Balaban J connectivity index is 1.75. The lowest BCUT2D eigenvalue weighted by Gasteiger charge is -2.30. The Hall–Kier alpha value is -2.49. The van der Waals surface area contributed by atoms with Gasteiger partial charge in [0.15, 0.2) is 11.5 Å². The molecule has 0 saturated heterocycles. The van der Waals surface area contributed by atoms with Crippen molar-refractivity contribution in [3.8, 4) is 11.5 Å². The molecule has 132 valence electrons. The molecule has 1 heterocycles. The molecular formula is C21H25NO3. The van der Waals surface area contributed by atoms with Crippen molar-refractivity contribution >= 4 is 11.6 Å². The van der Waals surface area contributed by atoms with Gasteiger partial charge in [-0.1, -0.05) is 29.8 Å². The molecule has 2 aromatic rings. The van der Waals surface area contributed by atoms with Gasteiger partial charge in [-0.3, -0.25) is 4.79 Å². The Kier molecular flexibility index (Phi) is 5.27. The lowest BCUT2D eigenvalue weighted by molar-refractivity contribution is -0.118. The number of ether oxygens (including phenoxy) is 2. The van der Waals surface area contributed by atoms with Crippen molar-refractivity contribution in [1.29, 1.82) is 0 Å². The van der Waals surface area contributed by atoms with Crippen LogP contribution in [0.1, 0.15) is 29.5 Å². The van der Waals surface area contributed by atoms with Gasteiger partial charge in [-0.25, -0.2) is 0 Å². The highest BCUT2D eigenvalue weighted by atomic mass is 16.5. The molecule has 0 radical (unpaired) electrons. The third-order valence-corrected chi connectivity index (χ3v) is 4.75. The van der Waals surface area contributed by atoms with Crippen LogP contribution in [0.4, 0.5) is 5.69 Å². The first-order valence-corrected chi connectivity index (χ1v) is 8.74. The summed E-state index contributed by atoms with van der Waals surface area (Å²) in [4.78, 5) is 14.8. The van der Waals surface area contributed by atoms with Gasteiger partial charge in [-0.15, -0.1) is 0 Å². The standard InChI is InChI=1S/C21H25NO3/c1-15-9-11-18-17(14-15)7-5-13-22(18)20(23)12-10-16-6-4-8-19(24-2)21(16)25-3/h4,6,8-9,11,14H,5,7,10,12-13H2,1-3H3. The maximum atomic E-state index is 12.8. The highest BCUT2D eigenvalue weighted by Gasteiger charge is 2.22. The molecule has 0 aromatic heterocycles. The smallest absolute Gasteiger partial charge is 0.227 e. The molecule has 1 amide bonds. The van der Waals surface area contributed by atoms with Gasteiger partial charge < -0.3 is 14.4 Å². The predicted molar refractivity (Wildman–Crippen MR) is 99.7 cm³/mol. The average molecular weight is 339 g/mol. The van der Waals surface area contributed by atoms with Gasteiger partial charge in [-0.2, -0.15) is 0 Å². The first-order valence-electron chi connectivity index (χ1n) is 8.74. The summed E-state index contributed by atoms with van der Waals surface area (Å²) < 4.78 is 10.8. The van der Waals surface area contributed by atoms with Crippen LogP contribution in [0.15, 0.2) is 36.4 Å². The Labute approximate surface area is 149 Å². The van der Waals surface area contributed by atoms with E-state index in [-0.39, 0.29) is 5.91 Å². The molecule has 0 N–H and O–H groups in total. The van der Waals surface area contributed by atoms with Crippen LogP contribution < -0.4 is 14.4 Å². The fraction of sp³-hybridized carbons (Fsp3) is 0.381. The van der Waals surface area contributed by atoms with Crippen LogP contribution in [0.25, 0.3) is 0 Å². The summed E-state index contributed by atoms with van der Waals surface area (Å²) in [5.74, 6) is 1.58. The zero-order valence-electron chi connectivity index (χ0n) is 15.2. The van der Waals surface area contributed by atoms with Crippen LogP contribution in [0, 0.1) is 6.92 Å². The molecule has 1 aliphatic rings. The van der Waals surface area contributed by atoms with E-state index in [9.17, 15) is 4.79 Å². The summed E-state index contributed by atoms with van der Waals surface area (Å²) in [6.45, 7) is 2.89. The van der Waals surface area contributed by atoms with E-state index < -0.39 is 0 Å². The van der Waals surface area contributed by atoms with Crippen molar-refractivity contribution in [3.63, 3.8) is 0 Å². The second kappa shape index (κ2) is 7.60. The summed E-state index contributed by atoms with van der Waals surface area (Å²) >= 11 is 0. The lowest BCUT2D eigenvalue weighted by Crippen LogP contribution is -2.35. The third-order valence-electron chi connectivity index (χ3n) is 4.75. The van der Waals surface area contributed by atoms with Crippen LogP contribution in [-0.4, -0.2) is 26.7 Å². The molecule has 0 fully saturated rings. The van der Waals surface area contributed by atoms with Gasteiger partial charge in [0.1, 0.15) is 0 Å². The van der Waals surface area contributed by atoms with Gasteiger partial charge in [0.25, 0.3) is 0 Å². The topological polar surface area (TPSA) is 38.8 Å². The number of aryl methyl sites for hydroxylation is 3. The quantitative estimate of drug-likeness (QED) is 0.829. The van der Waals surface area contributed by atoms with Crippen molar-refractivity contribution in [2.45, 2.75) is 32.6 Å². The van der Waals surface area contributed by atoms with Gasteiger partial charge >= 0.3 is 0 Å². The highest BCUT2D eigenvalue weighted by molar-refractivity contribution is 5.94. The number of anilines is 1. The molecule has 0 saturated carbocycles. The van der Waals surface area contributed by atoms with E-state index in [1.165, 1.54) is 11.1 Å². The molecule has 4 heteroatoms. The van der Waals surface area contributed by atoms with Crippen molar-refractivity contribution < 1.29 is 14.3 Å². The summed E-state index contributed by atoms with van der Waals surface area (Å²) in [6, 6.07) is 12.1. The average Bonchev–Trinajstić information content (AvgIpc) is 2.64. The largest absolute Gasteiger partial charge is 0.493 e. The normalized spacial score (nSPS) is 13.3. The number of para-hydroxylation sites is 1. The van der Waals surface area contributed by atoms with Gasteiger partial charge in [0.05, 0.1) is 14.2 Å².